The Balaban J connectivity index is 1.59. The van der Waals surface area contributed by atoms with Gasteiger partial charge in [0.1, 0.15) is 12.0 Å². The van der Waals surface area contributed by atoms with Gasteiger partial charge < -0.3 is 15.3 Å². The predicted molar refractivity (Wildman–Crippen MR) is 105 cm³/mol. The molecule has 0 bridgehead atoms. The van der Waals surface area contributed by atoms with Crippen LogP contribution in [-0.4, -0.2) is 35.5 Å². The Morgan fingerprint density at radius 3 is 2.32 bits per heavy atom. The van der Waals surface area contributed by atoms with Crippen molar-refractivity contribution in [3.05, 3.63) is 78.4 Å². The van der Waals surface area contributed by atoms with Crippen LogP contribution in [0.3, 0.4) is 0 Å². The van der Waals surface area contributed by atoms with E-state index in [-0.39, 0.29) is 6.54 Å². The number of hydrogen-bond donors (Lipinski definition) is 2. The zero-order valence-electron chi connectivity index (χ0n) is 14.9. The van der Waals surface area contributed by atoms with Crippen molar-refractivity contribution < 1.29 is 19.5 Å². The van der Waals surface area contributed by atoms with E-state index in [4.69, 9.17) is 0 Å². The van der Waals surface area contributed by atoms with E-state index in [1.165, 1.54) is 4.90 Å². The van der Waals surface area contributed by atoms with Gasteiger partial charge in [-0.25, -0.2) is 0 Å². The van der Waals surface area contributed by atoms with E-state index >= 15 is 0 Å². The smallest absolute Gasteiger partial charge is 0.310 e. The van der Waals surface area contributed by atoms with Gasteiger partial charge in [0.25, 0.3) is 11.8 Å². The van der Waals surface area contributed by atoms with Gasteiger partial charge in [0.15, 0.2) is 0 Å². The highest BCUT2D eigenvalue weighted by Crippen LogP contribution is 2.26. The summed E-state index contributed by atoms with van der Waals surface area (Å²) in [5, 5.41) is 14.1. The van der Waals surface area contributed by atoms with Crippen LogP contribution in [0.4, 0.5) is 5.69 Å². The Labute approximate surface area is 161 Å². The minimum absolute atomic E-state index is 0.0147. The van der Waals surface area contributed by atoms with Crippen LogP contribution in [0.25, 0.3) is 10.8 Å². The first-order valence-electron chi connectivity index (χ1n) is 8.93. The van der Waals surface area contributed by atoms with Gasteiger partial charge in [-0.15, -0.1) is 0 Å². The number of benzene rings is 3. The number of carboxylic acid groups (broad SMARTS) is 1. The van der Waals surface area contributed by atoms with Crippen molar-refractivity contribution in [1.29, 1.82) is 0 Å². The summed E-state index contributed by atoms with van der Waals surface area (Å²) in [5.41, 5.74) is 0.995. The molecule has 2 atom stereocenters. The molecule has 0 aromatic heterocycles. The lowest BCUT2D eigenvalue weighted by atomic mass is 10.0. The Bertz CT molecular complexity index is 1060. The van der Waals surface area contributed by atoms with Crippen molar-refractivity contribution in [2.24, 2.45) is 5.92 Å². The first-order chi connectivity index (χ1) is 13.5. The minimum atomic E-state index is -1.12. The number of fused-ring (bicyclic) bond motifs is 1. The van der Waals surface area contributed by atoms with Crippen LogP contribution < -0.4 is 10.2 Å². The SMILES string of the molecule is O=C(N[C@H]1C(=O)N(c2ccccc2)C[C@H]1C(=O)O)c1ccc2ccccc2c1. The first kappa shape index (κ1) is 17.7. The van der Waals surface area contributed by atoms with Crippen molar-refractivity contribution >= 4 is 34.2 Å². The molecule has 1 saturated heterocycles. The molecule has 0 saturated carbocycles. The molecule has 140 valence electrons. The first-order valence-corrected chi connectivity index (χ1v) is 8.93. The fourth-order valence-electron chi connectivity index (χ4n) is 3.51. The minimum Gasteiger partial charge on any atom is -0.481 e. The maximum absolute atomic E-state index is 12.8. The van der Waals surface area contributed by atoms with Gasteiger partial charge in [0, 0.05) is 17.8 Å². The second-order valence-corrected chi connectivity index (χ2v) is 6.74. The Hall–Kier alpha value is -3.67. The molecule has 28 heavy (non-hydrogen) atoms. The summed E-state index contributed by atoms with van der Waals surface area (Å²) < 4.78 is 0. The fraction of sp³-hybridized carbons (Fsp3) is 0.136. The van der Waals surface area contributed by atoms with Gasteiger partial charge in [-0.05, 0) is 35.0 Å². The Kier molecular flexibility index (Phi) is 4.53. The molecule has 1 aliphatic heterocycles. The van der Waals surface area contributed by atoms with Gasteiger partial charge in [-0.2, -0.15) is 0 Å². The number of anilines is 1. The van der Waals surface area contributed by atoms with Crippen molar-refractivity contribution in [3.8, 4) is 0 Å². The van der Waals surface area contributed by atoms with Crippen molar-refractivity contribution in [2.75, 3.05) is 11.4 Å². The summed E-state index contributed by atoms with van der Waals surface area (Å²) in [6, 6.07) is 20.6. The van der Waals surface area contributed by atoms with Gasteiger partial charge in [-0.3, -0.25) is 14.4 Å². The van der Waals surface area contributed by atoms with E-state index < -0.39 is 29.7 Å². The van der Waals surface area contributed by atoms with E-state index in [0.29, 0.717) is 11.3 Å². The monoisotopic (exact) mass is 374 g/mol. The number of carboxylic acids is 1. The second kappa shape index (κ2) is 7.15. The highest BCUT2D eigenvalue weighted by Gasteiger charge is 2.45. The van der Waals surface area contributed by atoms with Gasteiger partial charge in [0.05, 0.1) is 0 Å². The molecule has 6 nitrogen and oxygen atoms in total. The number of amides is 2. The molecular weight excluding hydrogens is 356 g/mol. The van der Waals surface area contributed by atoms with Crippen LogP contribution in [-0.2, 0) is 9.59 Å². The molecule has 1 fully saturated rings. The van der Waals surface area contributed by atoms with Crippen LogP contribution >= 0.6 is 0 Å². The summed E-state index contributed by atoms with van der Waals surface area (Å²) in [7, 11) is 0. The fourth-order valence-corrected chi connectivity index (χ4v) is 3.51. The lowest BCUT2D eigenvalue weighted by molar-refractivity contribution is -0.142. The highest BCUT2D eigenvalue weighted by atomic mass is 16.4. The number of rotatable bonds is 4. The summed E-state index contributed by atoms with van der Waals surface area (Å²) in [4.78, 5) is 38.7. The molecule has 0 radical (unpaired) electrons. The van der Waals surface area contributed by atoms with E-state index in [9.17, 15) is 19.5 Å². The predicted octanol–water partition coefficient (Wildman–Crippen LogP) is 2.69. The molecule has 1 aliphatic rings. The van der Waals surface area contributed by atoms with E-state index in [2.05, 4.69) is 5.32 Å². The molecule has 3 aromatic rings. The molecule has 4 rings (SSSR count). The third-order valence-corrected chi connectivity index (χ3v) is 5.00. The summed E-state index contributed by atoms with van der Waals surface area (Å²) in [5.74, 6) is -3.02. The summed E-state index contributed by atoms with van der Waals surface area (Å²) in [6.07, 6.45) is 0. The number of hydrogen-bond acceptors (Lipinski definition) is 3. The van der Waals surface area contributed by atoms with Gasteiger partial charge >= 0.3 is 5.97 Å². The largest absolute Gasteiger partial charge is 0.481 e. The number of aliphatic carboxylic acids is 1. The number of nitrogens with zero attached hydrogens (tertiary/aromatic N) is 1. The van der Waals surface area contributed by atoms with Gasteiger partial charge in [-0.1, -0.05) is 48.5 Å². The van der Waals surface area contributed by atoms with Gasteiger partial charge in [0.2, 0.25) is 0 Å². The third-order valence-electron chi connectivity index (χ3n) is 5.00. The van der Waals surface area contributed by atoms with Crippen LogP contribution in [0.2, 0.25) is 0 Å². The Morgan fingerprint density at radius 2 is 1.61 bits per heavy atom. The number of para-hydroxylation sites is 1. The molecule has 0 unspecified atom stereocenters. The summed E-state index contributed by atoms with van der Waals surface area (Å²) >= 11 is 0. The van der Waals surface area contributed by atoms with E-state index in [0.717, 1.165) is 10.8 Å². The van der Waals surface area contributed by atoms with Crippen LogP contribution in [0.1, 0.15) is 10.4 Å². The van der Waals surface area contributed by atoms with Crippen LogP contribution in [0.5, 0.6) is 0 Å². The maximum atomic E-state index is 12.8. The lowest BCUT2D eigenvalue weighted by Gasteiger charge is -2.17. The maximum Gasteiger partial charge on any atom is 0.310 e. The topological polar surface area (TPSA) is 86.7 Å². The molecule has 0 spiro atoms. The molecule has 2 amide bonds. The molecule has 6 heteroatoms. The van der Waals surface area contributed by atoms with Crippen LogP contribution in [0.15, 0.2) is 72.8 Å². The number of nitrogens with one attached hydrogen (secondary N) is 1. The molecule has 3 aromatic carbocycles. The standard InChI is InChI=1S/C22H18N2O4/c25-20(16-11-10-14-6-4-5-7-15(14)12-16)23-19-18(22(27)28)13-24(21(19)26)17-8-2-1-3-9-17/h1-12,18-19H,13H2,(H,23,25)(H,27,28)/t18-,19-/m1/s1. The second-order valence-electron chi connectivity index (χ2n) is 6.74. The zero-order valence-corrected chi connectivity index (χ0v) is 14.9. The van der Waals surface area contributed by atoms with Crippen molar-refractivity contribution in [1.82, 2.24) is 5.32 Å². The highest BCUT2D eigenvalue weighted by molar-refractivity contribution is 6.07. The van der Waals surface area contributed by atoms with Crippen molar-refractivity contribution in [3.63, 3.8) is 0 Å². The normalized spacial score (nSPS) is 19.0. The van der Waals surface area contributed by atoms with Crippen molar-refractivity contribution in [2.45, 2.75) is 6.04 Å². The van der Waals surface area contributed by atoms with E-state index in [1.807, 2.05) is 36.4 Å². The number of carbonyl (C=O) groups is 3. The Morgan fingerprint density at radius 1 is 0.929 bits per heavy atom. The quantitative estimate of drug-likeness (QED) is 0.735. The molecule has 0 aliphatic carbocycles. The number of carbonyl (C=O) groups excluding carboxylic acids is 2. The average molecular weight is 374 g/mol. The average Bonchev–Trinajstić information content (AvgIpc) is 3.05. The van der Waals surface area contributed by atoms with E-state index in [1.54, 1.807) is 36.4 Å². The third kappa shape index (κ3) is 3.20. The molecular formula is C22H18N2O4. The zero-order chi connectivity index (χ0) is 19.7. The van der Waals surface area contributed by atoms with Crippen LogP contribution in [0, 0.1) is 5.92 Å². The molecule has 1 heterocycles. The lowest BCUT2D eigenvalue weighted by Crippen LogP contribution is -2.46. The summed E-state index contributed by atoms with van der Waals surface area (Å²) in [6.45, 7) is 0.0147. The molecule has 2 N–H and O–H groups in total.